The van der Waals surface area contributed by atoms with Gasteiger partial charge in [-0.05, 0) is 42.0 Å². The SMILES string of the molecule is O=C(c1ccncc1)N1N=C(c2ccc(Cl)cc2)C[C@H]1c1cn(-c2ccccc2)nc1-c1ccccc1. The first kappa shape index (κ1) is 22.9. The summed E-state index contributed by atoms with van der Waals surface area (Å²) < 4.78 is 1.87. The van der Waals surface area contributed by atoms with E-state index in [1.54, 1.807) is 29.5 Å². The molecular formula is C30H22ClN5O. The number of halogens is 1. The Labute approximate surface area is 219 Å². The van der Waals surface area contributed by atoms with Crippen molar-refractivity contribution in [2.45, 2.75) is 12.5 Å². The van der Waals surface area contributed by atoms with Gasteiger partial charge in [0.25, 0.3) is 5.91 Å². The van der Waals surface area contributed by atoms with Crippen molar-refractivity contribution in [2.24, 2.45) is 5.10 Å². The van der Waals surface area contributed by atoms with Gasteiger partial charge in [0.2, 0.25) is 0 Å². The van der Waals surface area contributed by atoms with Gasteiger partial charge in [-0.2, -0.15) is 10.2 Å². The molecule has 3 aromatic carbocycles. The van der Waals surface area contributed by atoms with Crippen LogP contribution >= 0.6 is 11.6 Å². The number of para-hydroxylation sites is 1. The minimum absolute atomic E-state index is 0.192. The second kappa shape index (κ2) is 9.84. The minimum Gasteiger partial charge on any atom is -0.267 e. The molecule has 2 aromatic heterocycles. The molecule has 0 bridgehead atoms. The van der Waals surface area contributed by atoms with Crippen molar-refractivity contribution in [1.29, 1.82) is 0 Å². The Morgan fingerprint density at radius 3 is 2.19 bits per heavy atom. The highest BCUT2D eigenvalue weighted by Gasteiger charge is 2.36. The van der Waals surface area contributed by atoms with Crippen LogP contribution in [-0.4, -0.2) is 31.4 Å². The number of aromatic nitrogens is 3. The van der Waals surface area contributed by atoms with Gasteiger partial charge in [0.15, 0.2) is 0 Å². The van der Waals surface area contributed by atoms with Gasteiger partial charge in [0.05, 0.1) is 23.1 Å². The molecule has 0 spiro atoms. The van der Waals surface area contributed by atoms with Gasteiger partial charge in [0.1, 0.15) is 0 Å². The third-order valence-corrected chi connectivity index (χ3v) is 6.64. The zero-order valence-electron chi connectivity index (χ0n) is 19.8. The van der Waals surface area contributed by atoms with Gasteiger partial charge in [-0.15, -0.1) is 0 Å². The number of rotatable bonds is 5. The molecule has 5 aromatic rings. The Balaban J connectivity index is 1.48. The average Bonchev–Trinajstić information content (AvgIpc) is 3.60. The molecule has 1 atom stereocenters. The minimum atomic E-state index is -0.348. The molecule has 0 aliphatic carbocycles. The van der Waals surface area contributed by atoms with E-state index in [4.69, 9.17) is 21.8 Å². The maximum atomic E-state index is 13.7. The van der Waals surface area contributed by atoms with Crippen LogP contribution in [0, 0.1) is 0 Å². The molecule has 0 unspecified atom stereocenters. The molecule has 3 heterocycles. The summed E-state index contributed by atoms with van der Waals surface area (Å²) in [6, 6.07) is 30.6. The quantitative estimate of drug-likeness (QED) is 0.272. The van der Waals surface area contributed by atoms with Gasteiger partial charge in [0, 0.05) is 46.7 Å². The number of hydrogen-bond acceptors (Lipinski definition) is 4. The fraction of sp³-hybridized carbons (Fsp3) is 0.0667. The summed E-state index contributed by atoms with van der Waals surface area (Å²) >= 11 is 6.13. The Bertz CT molecular complexity index is 1570. The van der Waals surface area contributed by atoms with E-state index in [2.05, 4.69) is 4.98 Å². The lowest BCUT2D eigenvalue weighted by atomic mass is 9.96. The Hall–Kier alpha value is -4.55. The highest BCUT2D eigenvalue weighted by Crippen LogP contribution is 2.39. The number of benzene rings is 3. The largest absolute Gasteiger partial charge is 0.274 e. The maximum Gasteiger partial charge on any atom is 0.274 e. The number of hydrogen-bond donors (Lipinski definition) is 0. The van der Waals surface area contributed by atoms with Crippen LogP contribution in [0.5, 0.6) is 0 Å². The molecular weight excluding hydrogens is 482 g/mol. The maximum absolute atomic E-state index is 13.7. The molecule has 0 radical (unpaired) electrons. The number of amides is 1. The van der Waals surface area contributed by atoms with Crippen LogP contribution in [0.3, 0.4) is 0 Å². The van der Waals surface area contributed by atoms with Gasteiger partial charge in [-0.3, -0.25) is 9.78 Å². The zero-order valence-corrected chi connectivity index (χ0v) is 20.5. The van der Waals surface area contributed by atoms with Crippen molar-refractivity contribution >= 4 is 23.2 Å². The number of nitrogens with zero attached hydrogens (tertiary/aromatic N) is 5. The topological polar surface area (TPSA) is 63.4 Å². The van der Waals surface area contributed by atoms with E-state index in [0.29, 0.717) is 17.0 Å². The van der Waals surface area contributed by atoms with Crippen LogP contribution in [0.4, 0.5) is 0 Å². The first-order valence-electron chi connectivity index (χ1n) is 11.9. The van der Waals surface area contributed by atoms with Crippen LogP contribution in [0.15, 0.2) is 121 Å². The molecule has 6 nitrogen and oxygen atoms in total. The van der Waals surface area contributed by atoms with Crippen molar-refractivity contribution in [1.82, 2.24) is 19.8 Å². The normalized spacial score (nSPS) is 15.0. The van der Waals surface area contributed by atoms with E-state index in [-0.39, 0.29) is 11.9 Å². The summed E-state index contributed by atoms with van der Waals surface area (Å²) in [5.41, 5.74) is 5.92. The van der Waals surface area contributed by atoms with Crippen molar-refractivity contribution in [3.05, 3.63) is 137 Å². The van der Waals surface area contributed by atoms with E-state index in [1.165, 1.54) is 0 Å². The molecule has 0 N–H and O–H groups in total. The first-order chi connectivity index (χ1) is 18.2. The van der Waals surface area contributed by atoms with Gasteiger partial charge in [-0.25, -0.2) is 9.69 Å². The highest BCUT2D eigenvalue weighted by atomic mass is 35.5. The van der Waals surface area contributed by atoms with E-state index in [0.717, 1.165) is 33.8 Å². The van der Waals surface area contributed by atoms with Crippen LogP contribution in [-0.2, 0) is 0 Å². The number of hydrazone groups is 1. The second-order valence-electron chi connectivity index (χ2n) is 8.74. The molecule has 7 heteroatoms. The van der Waals surface area contributed by atoms with Crippen LogP contribution in [0.1, 0.15) is 33.9 Å². The summed E-state index contributed by atoms with van der Waals surface area (Å²) in [6.07, 6.45) is 5.78. The molecule has 0 saturated heterocycles. The Morgan fingerprint density at radius 1 is 0.811 bits per heavy atom. The lowest BCUT2D eigenvalue weighted by molar-refractivity contribution is 0.0711. The van der Waals surface area contributed by atoms with E-state index in [1.807, 2.05) is 95.8 Å². The summed E-state index contributed by atoms with van der Waals surface area (Å²) in [4.78, 5) is 17.8. The zero-order chi connectivity index (χ0) is 25.2. The Morgan fingerprint density at radius 2 is 1.49 bits per heavy atom. The summed E-state index contributed by atoms with van der Waals surface area (Å²) in [5, 5.41) is 12.0. The van der Waals surface area contributed by atoms with Crippen molar-refractivity contribution < 1.29 is 4.79 Å². The van der Waals surface area contributed by atoms with E-state index >= 15 is 0 Å². The lowest BCUT2D eigenvalue weighted by Gasteiger charge is -2.22. The van der Waals surface area contributed by atoms with Gasteiger partial charge >= 0.3 is 0 Å². The third-order valence-electron chi connectivity index (χ3n) is 6.39. The molecule has 0 fully saturated rings. The number of carbonyl (C=O) groups excluding carboxylic acids is 1. The van der Waals surface area contributed by atoms with Crippen LogP contribution < -0.4 is 0 Å². The van der Waals surface area contributed by atoms with Gasteiger partial charge in [-0.1, -0.05) is 72.3 Å². The average molecular weight is 504 g/mol. The van der Waals surface area contributed by atoms with Gasteiger partial charge < -0.3 is 0 Å². The molecule has 1 amide bonds. The fourth-order valence-corrected chi connectivity index (χ4v) is 4.67. The standard InChI is InChI=1S/C30H22ClN5O/c31-24-13-11-21(12-14-24)27-19-28(36(33-27)30(37)23-15-17-32-18-16-23)26-20-35(25-9-5-2-6-10-25)34-29(26)22-7-3-1-4-8-22/h1-18,20,28H,19H2/t28-/m0/s1. The monoisotopic (exact) mass is 503 g/mol. The molecule has 37 heavy (non-hydrogen) atoms. The van der Waals surface area contributed by atoms with Crippen molar-refractivity contribution in [3.63, 3.8) is 0 Å². The van der Waals surface area contributed by atoms with Crippen LogP contribution in [0.25, 0.3) is 16.9 Å². The van der Waals surface area contributed by atoms with E-state index in [9.17, 15) is 4.79 Å². The molecule has 1 aliphatic heterocycles. The predicted octanol–water partition coefficient (Wildman–Crippen LogP) is 6.58. The molecule has 1 aliphatic rings. The summed E-state index contributed by atoms with van der Waals surface area (Å²) in [7, 11) is 0. The molecule has 0 saturated carbocycles. The number of pyridine rings is 1. The van der Waals surface area contributed by atoms with Crippen LogP contribution in [0.2, 0.25) is 5.02 Å². The smallest absolute Gasteiger partial charge is 0.267 e. The van der Waals surface area contributed by atoms with Crippen molar-refractivity contribution in [2.75, 3.05) is 0 Å². The Kier molecular flexibility index (Phi) is 6.08. The third kappa shape index (κ3) is 4.55. The molecule has 180 valence electrons. The van der Waals surface area contributed by atoms with Crippen molar-refractivity contribution in [3.8, 4) is 16.9 Å². The lowest BCUT2D eigenvalue weighted by Crippen LogP contribution is -2.27. The second-order valence-corrected chi connectivity index (χ2v) is 9.17. The predicted molar refractivity (Wildman–Crippen MR) is 145 cm³/mol. The summed E-state index contributed by atoms with van der Waals surface area (Å²) in [5.74, 6) is -0.192. The highest BCUT2D eigenvalue weighted by molar-refractivity contribution is 6.30. The fourth-order valence-electron chi connectivity index (χ4n) is 4.55. The molecule has 6 rings (SSSR count). The number of carbonyl (C=O) groups is 1. The first-order valence-corrected chi connectivity index (χ1v) is 12.3. The van der Waals surface area contributed by atoms with E-state index < -0.39 is 0 Å². The summed E-state index contributed by atoms with van der Waals surface area (Å²) in [6.45, 7) is 0.